The number of sulfonamides is 1. The molecule has 3 N–H and O–H groups in total. The van der Waals surface area contributed by atoms with Gasteiger partial charge in [0.05, 0.1) is 17.9 Å². The molecule has 2 aromatic carbocycles. The molecule has 0 unspecified atom stereocenters. The number of aromatic nitrogens is 2. The minimum absolute atomic E-state index is 0.0276. The highest BCUT2D eigenvalue weighted by Gasteiger charge is 2.23. The molecule has 0 bridgehead atoms. The molecule has 0 aliphatic carbocycles. The van der Waals surface area contributed by atoms with Crippen LogP contribution in [0.15, 0.2) is 58.9 Å². The Bertz CT molecular complexity index is 1170. The van der Waals surface area contributed by atoms with Crippen molar-refractivity contribution in [3.05, 3.63) is 65.7 Å². The van der Waals surface area contributed by atoms with Crippen molar-refractivity contribution in [3.8, 4) is 0 Å². The van der Waals surface area contributed by atoms with E-state index in [2.05, 4.69) is 25.6 Å². The first-order chi connectivity index (χ1) is 14.9. The summed E-state index contributed by atoms with van der Waals surface area (Å²) >= 11 is 0.691. The van der Waals surface area contributed by atoms with Gasteiger partial charge in [-0.2, -0.15) is 8.42 Å². The molecule has 0 atom stereocenters. The molecule has 31 heavy (non-hydrogen) atoms. The Morgan fingerprint density at radius 3 is 2.45 bits per heavy atom. The smallest absolute Gasteiger partial charge is 0.291 e. The predicted molar refractivity (Wildman–Crippen MR) is 116 cm³/mol. The average Bonchev–Trinajstić information content (AvgIpc) is 3.24. The van der Waals surface area contributed by atoms with Crippen molar-refractivity contribution in [1.82, 2.24) is 15.5 Å². The van der Waals surface area contributed by atoms with Gasteiger partial charge in [-0.25, -0.2) is 0 Å². The number of hydrogen-bond acceptors (Lipinski definition) is 8. The molecule has 0 saturated heterocycles. The summed E-state index contributed by atoms with van der Waals surface area (Å²) in [5.74, 6) is -0.893. The fourth-order valence-electron chi connectivity index (χ4n) is 2.45. The van der Waals surface area contributed by atoms with Crippen molar-refractivity contribution in [2.45, 2.75) is 4.34 Å². The summed E-state index contributed by atoms with van der Waals surface area (Å²) in [6.07, 6.45) is 0. The number of anilines is 2. The van der Waals surface area contributed by atoms with E-state index in [9.17, 15) is 18.0 Å². The second kappa shape index (κ2) is 10.1. The molecular formula is C19H19N5O5S2. The standard InChI is InChI=1S/C19H19N5O5S2/c1-29-12-11-20-17(26)14-9-5-6-10-15(14)24-31(27,28)19-23-22-18(30-19)21-16(25)13-7-3-2-4-8-13/h2-10,24H,11-12H2,1H3,(H,20,26)(H,21,22,25). The second-order valence-electron chi connectivity index (χ2n) is 6.09. The fourth-order valence-corrected chi connectivity index (χ4v) is 4.42. The molecule has 3 aromatic rings. The first-order valence-electron chi connectivity index (χ1n) is 8.99. The maximum Gasteiger partial charge on any atom is 0.291 e. The van der Waals surface area contributed by atoms with Crippen LogP contribution >= 0.6 is 11.3 Å². The van der Waals surface area contributed by atoms with Gasteiger partial charge < -0.3 is 10.1 Å². The zero-order valence-electron chi connectivity index (χ0n) is 16.4. The molecule has 0 radical (unpaired) electrons. The molecule has 0 fully saturated rings. The van der Waals surface area contributed by atoms with Gasteiger partial charge in [-0.15, -0.1) is 10.2 Å². The first-order valence-corrected chi connectivity index (χ1v) is 11.3. The van der Waals surface area contributed by atoms with E-state index in [-0.39, 0.29) is 27.3 Å². The van der Waals surface area contributed by atoms with Crippen LogP contribution in [0.2, 0.25) is 0 Å². The number of rotatable bonds is 9. The van der Waals surface area contributed by atoms with Crippen LogP contribution < -0.4 is 15.4 Å². The zero-order chi connectivity index (χ0) is 22.3. The summed E-state index contributed by atoms with van der Waals surface area (Å²) in [5, 5.41) is 12.5. The normalized spacial score (nSPS) is 11.0. The van der Waals surface area contributed by atoms with Crippen LogP contribution in [0.25, 0.3) is 0 Å². The summed E-state index contributed by atoms with van der Waals surface area (Å²) in [7, 11) is -2.63. The fraction of sp³-hybridized carbons (Fsp3) is 0.158. The Morgan fingerprint density at radius 2 is 1.71 bits per heavy atom. The minimum atomic E-state index is -4.14. The maximum absolute atomic E-state index is 12.7. The van der Waals surface area contributed by atoms with Crippen LogP contribution in [-0.4, -0.2) is 50.7 Å². The number of carbonyl (C=O) groups is 2. The number of amides is 2. The highest BCUT2D eigenvalue weighted by atomic mass is 32.2. The Balaban J connectivity index is 1.74. The van der Waals surface area contributed by atoms with Crippen LogP contribution in [-0.2, 0) is 14.8 Å². The second-order valence-corrected chi connectivity index (χ2v) is 8.93. The summed E-state index contributed by atoms with van der Waals surface area (Å²) in [6, 6.07) is 14.6. The zero-order valence-corrected chi connectivity index (χ0v) is 18.0. The monoisotopic (exact) mass is 461 g/mol. The third-order valence-corrected chi connectivity index (χ3v) is 6.47. The molecule has 0 aliphatic rings. The van der Waals surface area contributed by atoms with E-state index in [1.54, 1.807) is 42.5 Å². The highest BCUT2D eigenvalue weighted by Crippen LogP contribution is 2.24. The van der Waals surface area contributed by atoms with Crippen LogP contribution in [0.4, 0.5) is 10.8 Å². The lowest BCUT2D eigenvalue weighted by atomic mass is 10.2. The first kappa shape index (κ1) is 22.3. The van der Waals surface area contributed by atoms with E-state index in [1.807, 2.05) is 0 Å². The van der Waals surface area contributed by atoms with Gasteiger partial charge in [-0.3, -0.25) is 19.6 Å². The molecule has 162 valence electrons. The predicted octanol–water partition coefficient (Wildman–Crippen LogP) is 1.97. The van der Waals surface area contributed by atoms with Crippen molar-refractivity contribution in [3.63, 3.8) is 0 Å². The van der Waals surface area contributed by atoms with E-state index in [1.165, 1.54) is 19.2 Å². The topological polar surface area (TPSA) is 139 Å². The summed E-state index contributed by atoms with van der Waals surface area (Å²) < 4.78 is 32.4. The van der Waals surface area contributed by atoms with Crippen LogP contribution in [0.3, 0.4) is 0 Å². The SMILES string of the molecule is COCCNC(=O)c1ccccc1NS(=O)(=O)c1nnc(NC(=O)c2ccccc2)s1. The van der Waals surface area contributed by atoms with Crippen molar-refractivity contribution in [1.29, 1.82) is 0 Å². The van der Waals surface area contributed by atoms with E-state index in [4.69, 9.17) is 4.74 Å². The summed E-state index contributed by atoms with van der Waals surface area (Å²) in [6.45, 7) is 0.596. The maximum atomic E-state index is 12.7. The van der Waals surface area contributed by atoms with Crippen molar-refractivity contribution in [2.24, 2.45) is 0 Å². The molecule has 1 aromatic heterocycles. The molecule has 1 heterocycles. The Labute approximate surface area is 182 Å². The van der Waals surface area contributed by atoms with Gasteiger partial charge in [0.15, 0.2) is 0 Å². The quantitative estimate of drug-likeness (QED) is 0.327. The molecule has 2 amide bonds. The lowest BCUT2D eigenvalue weighted by Gasteiger charge is -2.11. The van der Waals surface area contributed by atoms with E-state index in [0.29, 0.717) is 23.5 Å². The van der Waals surface area contributed by atoms with Gasteiger partial charge in [-0.05, 0) is 24.3 Å². The van der Waals surface area contributed by atoms with E-state index < -0.39 is 21.8 Å². The third kappa shape index (κ3) is 5.84. The van der Waals surface area contributed by atoms with Gasteiger partial charge >= 0.3 is 0 Å². The third-order valence-electron chi connectivity index (χ3n) is 3.90. The highest BCUT2D eigenvalue weighted by molar-refractivity contribution is 7.94. The van der Waals surface area contributed by atoms with Gasteiger partial charge in [0.25, 0.3) is 26.2 Å². The molecule has 10 nitrogen and oxygen atoms in total. The number of benzene rings is 2. The number of methoxy groups -OCH3 is 1. The molecule has 0 spiro atoms. The van der Waals surface area contributed by atoms with Crippen molar-refractivity contribution >= 4 is 44.0 Å². The number of nitrogens with zero attached hydrogens (tertiary/aromatic N) is 2. The largest absolute Gasteiger partial charge is 0.383 e. The number of nitrogens with one attached hydrogen (secondary N) is 3. The van der Waals surface area contributed by atoms with Crippen molar-refractivity contribution < 1.29 is 22.7 Å². The molecule has 3 rings (SSSR count). The lowest BCUT2D eigenvalue weighted by molar-refractivity contribution is 0.0937. The van der Waals surface area contributed by atoms with Crippen LogP contribution in [0.5, 0.6) is 0 Å². The number of ether oxygens (including phenoxy) is 1. The Kier molecular flexibility index (Phi) is 7.28. The molecule has 0 saturated carbocycles. The molecule has 12 heteroatoms. The van der Waals surface area contributed by atoms with Gasteiger partial charge in [0.2, 0.25) is 5.13 Å². The number of hydrogen-bond donors (Lipinski definition) is 3. The van der Waals surface area contributed by atoms with Gasteiger partial charge in [0, 0.05) is 19.2 Å². The van der Waals surface area contributed by atoms with E-state index >= 15 is 0 Å². The van der Waals surface area contributed by atoms with Gasteiger partial charge in [-0.1, -0.05) is 41.7 Å². The molecule has 0 aliphatic heterocycles. The summed E-state index contributed by atoms with van der Waals surface area (Å²) in [4.78, 5) is 24.5. The van der Waals surface area contributed by atoms with Crippen molar-refractivity contribution in [2.75, 3.05) is 30.3 Å². The number of carbonyl (C=O) groups excluding carboxylic acids is 2. The lowest BCUT2D eigenvalue weighted by Crippen LogP contribution is -2.28. The van der Waals surface area contributed by atoms with Gasteiger partial charge in [0.1, 0.15) is 0 Å². The van der Waals surface area contributed by atoms with Crippen LogP contribution in [0, 0.1) is 0 Å². The Morgan fingerprint density at radius 1 is 1.00 bits per heavy atom. The average molecular weight is 462 g/mol. The summed E-state index contributed by atoms with van der Waals surface area (Å²) in [5.41, 5.74) is 0.625. The number of para-hydroxylation sites is 1. The van der Waals surface area contributed by atoms with Crippen LogP contribution in [0.1, 0.15) is 20.7 Å². The minimum Gasteiger partial charge on any atom is -0.383 e. The molecular weight excluding hydrogens is 442 g/mol. The Hall–Kier alpha value is -3.35. The van der Waals surface area contributed by atoms with E-state index in [0.717, 1.165) is 0 Å².